The first-order chi connectivity index (χ1) is 7.09. The van der Waals surface area contributed by atoms with Crippen LogP contribution in [-0.4, -0.2) is 16.9 Å². The van der Waals surface area contributed by atoms with Crippen molar-refractivity contribution in [3.8, 4) is 5.75 Å². The summed E-state index contributed by atoms with van der Waals surface area (Å²) in [5.41, 5.74) is -1.75. The van der Waals surface area contributed by atoms with Crippen LogP contribution in [0.2, 0.25) is 5.15 Å². The lowest BCUT2D eigenvalue weighted by Crippen LogP contribution is -2.24. The highest BCUT2D eigenvalue weighted by atomic mass is 35.5. The van der Waals surface area contributed by atoms with Crippen LogP contribution in [0.4, 0.5) is 13.2 Å². The van der Waals surface area contributed by atoms with E-state index in [2.05, 4.69) is 9.84 Å². The molecule has 1 rings (SSSR count). The fourth-order valence-electron chi connectivity index (χ4n) is 1.19. The number of halogens is 4. The van der Waals surface area contributed by atoms with Crippen LogP contribution in [0.3, 0.4) is 0 Å². The fraction of sp³-hybridized carbons (Fsp3) is 0.667. The van der Waals surface area contributed by atoms with Crippen molar-refractivity contribution in [2.45, 2.75) is 32.5 Å². The van der Waals surface area contributed by atoms with Gasteiger partial charge in [0.15, 0.2) is 10.9 Å². The maximum atomic E-state index is 12.6. The average Bonchev–Trinajstić information content (AvgIpc) is 2.40. The standard InChI is InChI=1S/C9H12ClF3N2O/c1-8(2,3)15-7(10)5(16-4)6(14-15)9(11,12)13/h1-4H3. The van der Waals surface area contributed by atoms with E-state index < -0.39 is 23.2 Å². The molecule has 1 aromatic rings. The summed E-state index contributed by atoms with van der Waals surface area (Å²) < 4.78 is 43.5. The Labute approximate surface area is 96.1 Å². The zero-order valence-electron chi connectivity index (χ0n) is 9.31. The largest absolute Gasteiger partial charge is 0.491 e. The van der Waals surface area contributed by atoms with E-state index in [1.807, 2.05) is 0 Å². The maximum Gasteiger partial charge on any atom is 0.438 e. The fourth-order valence-corrected chi connectivity index (χ4v) is 1.65. The molecular formula is C9H12ClF3N2O. The van der Waals surface area contributed by atoms with Gasteiger partial charge in [-0.25, -0.2) is 4.68 Å². The Morgan fingerprint density at radius 1 is 1.25 bits per heavy atom. The lowest BCUT2D eigenvalue weighted by atomic mass is 10.1. The van der Waals surface area contributed by atoms with Crippen molar-refractivity contribution in [3.05, 3.63) is 10.8 Å². The van der Waals surface area contributed by atoms with E-state index in [-0.39, 0.29) is 5.15 Å². The van der Waals surface area contributed by atoms with Crippen molar-refractivity contribution in [1.82, 2.24) is 9.78 Å². The number of ether oxygens (including phenoxy) is 1. The van der Waals surface area contributed by atoms with Gasteiger partial charge in [-0.15, -0.1) is 0 Å². The lowest BCUT2D eigenvalue weighted by Gasteiger charge is -2.20. The minimum absolute atomic E-state index is 0.151. The summed E-state index contributed by atoms with van der Waals surface area (Å²) in [6.45, 7) is 5.10. The van der Waals surface area contributed by atoms with Gasteiger partial charge in [-0.05, 0) is 20.8 Å². The Bertz CT molecular complexity index is 393. The molecule has 0 saturated carbocycles. The molecule has 0 unspecified atom stereocenters. The van der Waals surface area contributed by atoms with Gasteiger partial charge in [-0.2, -0.15) is 18.3 Å². The van der Waals surface area contributed by atoms with Gasteiger partial charge in [0, 0.05) is 0 Å². The van der Waals surface area contributed by atoms with E-state index in [1.54, 1.807) is 20.8 Å². The third-order valence-electron chi connectivity index (χ3n) is 1.90. The first kappa shape index (κ1) is 13.2. The van der Waals surface area contributed by atoms with Gasteiger partial charge in [0.05, 0.1) is 12.6 Å². The normalized spacial score (nSPS) is 13.0. The highest BCUT2D eigenvalue weighted by Crippen LogP contribution is 2.41. The van der Waals surface area contributed by atoms with Crippen LogP contribution < -0.4 is 4.74 Å². The molecule has 0 spiro atoms. The molecule has 0 atom stereocenters. The molecule has 0 saturated heterocycles. The zero-order chi connectivity index (χ0) is 12.7. The molecule has 0 aromatic carbocycles. The van der Waals surface area contributed by atoms with E-state index in [1.165, 1.54) is 0 Å². The van der Waals surface area contributed by atoms with Crippen LogP contribution in [0.15, 0.2) is 0 Å². The van der Waals surface area contributed by atoms with Gasteiger partial charge in [0.2, 0.25) is 5.69 Å². The monoisotopic (exact) mass is 256 g/mol. The van der Waals surface area contributed by atoms with E-state index in [9.17, 15) is 13.2 Å². The Hall–Kier alpha value is -0.910. The summed E-state index contributed by atoms with van der Waals surface area (Å²) in [6.07, 6.45) is -4.58. The van der Waals surface area contributed by atoms with Crippen LogP contribution in [-0.2, 0) is 11.7 Å². The topological polar surface area (TPSA) is 27.1 Å². The van der Waals surface area contributed by atoms with E-state index in [4.69, 9.17) is 11.6 Å². The average molecular weight is 257 g/mol. The first-order valence-electron chi connectivity index (χ1n) is 4.49. The molecule has 92 valence electrons. The zero-order valence-corrected chi connectivity index (χ0v) is 10.1. The van der Waals surface area contributed by atoms with Gasteiger partial charge in [0.25, 0.3) is 0 Å². The van der Waals surface area contributed by atoms with Crippen molar-refractivity contribution in [3.63, 3.8) is 0 Å². The molecule has 16 heavy (non-hydrogen) atoms. The SMILES string of the molecule is COc1c(C(F)(F)F)nn(C(C)(C)C)c1Cl. The predicted octanol–water partition coefficient (Wildman–Crippen LogP) is 3.32. The van der Waals surface area contributed by atoms with Crippen molar-refractivity contribution in [1.29, 1.82) is 0 Å². The molecule has 3 nitrogen and oxygen atoms in total. The van der Waals surface area contributed by atoms with Crippen LogP contribution in [0.25, 0.3) is 0 Å². The van der Waals surface area contributed by atoms with Crippen LogP contribution in [0, 0.1) is 0 Å². The number of rotatable bonds is 1. The summed E-state index contributed by atoms with van der Waals surface area (Å²) >= 11 is 5.80. The molecule has 0 radical (unpaired) electrons. The Balaban J connectivity index is 3.44. The number of hydrogen-bond acceptors (Lipinski definition) is 2. The minimum atomic E-state index is -4.58. The highest BCUT2D eigenvalue weighted by Gasteiger charge is 2.41. The first-order valence-corrected chi connectivity index (χ1v) is 4.87. The number of hydrogen-bond donors (Lipinski definition) is 0. The highest BCUT2D eigenvalue weighted by molar-refractivity contribution is 6.31. The van der Waals surface area contributed by atoms with Gasteiger partial charge in [0.1, 0.15) is 0 Å². The van der Waals surface area contributed by atoms with E-state index in [0.717, 1.165) is 11.8 Å². The second-order valence-corrected chi connectivity index (χ2v) is 4.61. The molecular weight excluding hydrogens is 245 g/mol. The van der Waals surface area contributed by atoms with E-state index >= 15 is 0 Å². The molecule has 0 bridgehead atoms. The summed E-state index contributed by atoms with van der Waals surface area (Å²) in [5, 5.41) is 3.31. The third-order valence-corrected chi connectivity index (χ3v) is 2.23. The van der Waals surface area contributed by atoms with Crippen LogP contribution in [0.1, 0.15) is 26.5 Å². The smallest absolute Gasteiger partial charge is 0.438 e. The van der Waals surface area contributed by atoms with Crippen LogP contribution >= 0.6 is 11.6 Å². The molecule has 0 N–H and O–H groups in total. The number of nitrogens with zero attached hydrogens (tertiary/aromatic N) is 2. The summed E-state index contributed by atoms with van der Waals surface area (Å²) in [7, 11) is 1.13. The second kappa shape index (κ2) is 3.84. The Kier molecular flexibility index (Phi) is 3.15. The van der Waals surface area contributed by atoms with Gasteiger partial charge < -0.3 is 4.74 Å². The molecule has 1 aromatic heterocycles. The summed E-state index contributed by atoms with van der Waals surface area (Å²) in [5.74, 6) is -0.441. The number of aromatic nitrogens is 2. The van der Waals surface area contributed by atoms with Crippen molar-refractivity contribution >= 4 is 11.6 Å². The van der Waals surface area contributed by atoms with Gasteiger partial charge in [-0.1, -0.05) is 11.6 Å². The lowest BCUT2D eigenvalue weighted by molar-refractivity contribution is -0.142. The second-order valence-electron chi connectivity index (χ2n) is 4.25. The Morgan fingerprint density at radius 3 is 2.00 bits per heavy atom. The molecule has 1 heterocycles. The minimum Gasteiger partial charge on any atom is -0.491 e. The molecule has 7 heteroatoms. The quantitative estimate of drug-likeness (QED) is 0.771. The van der Waals surface area contributed by atoms with Crippen molar-refractivity contribution in [2.24, 2.45) is 0 Å². The molecule has 0 aliphatic heterocycles. The molecule has 0 aliphatic rings. The third kappa shape index (κ3) is 2.26. The van der Waals surface area contributed by atoms with Crippen LogP contribution in [0.5, 0.6) is 5.75 Å². The number of methoxy groups -OCH3 is 1. The van der Waals surface area contributed by atoms with Crippen molar-refractivity contribution in [2.75, 3.05) is 7.11 Å². The molecule has 0 fully saturated rings. The Morgan fingerprint density at radius 2 is 1.75 bits per heavy atom. The van der Waals surface area contributed by atoms with Gasteiger partial charge in [-0.3, -0.25) is 0 Å². The van der Waals surface area contributed by atoms with Crippen molar-refractivity contribution < 1.29 is 17.9 Å². The maximum absolute atomic E-state index is 12.6. The molecule has 0 aliphatic carbocycles. The van der Waals surface area contributed by atoms with Gasteiger partial charge >= 0.3 is 6.18 Å². The summed E-state index contributed by atoms with van der Waals surface area (Å²) in [6, 6.07) is 0. The predicted molar refractivity (Wildman–Crippen MR) is 53.8 cm³/mol. The number of alkyl halides is 3. The molecule has 0 amide bonds. The van der Waals surface area contributed by atoms with E-state index in [0.29, 0.717) is 0 Å². The summed E-state index contributed by atoms with van der Waals surface area (Å²) in [4.78, 5) is 0.